The molecule has 0 saturated carbocycles. The van der Waals surface area contributed by atoms with E-state index in [0.717, 1.165) is 30.8 Å². The standard InChI is InChI=1S/C17H24ClNO/c1-2-3-4-5-10-19-17(20)11-14-7-6-13-8-9-15(18)12-16(13)14/h8-9,12,14H,2-7,10-11H2,1H3,(H,19,20). The Morgan fingerprint density at radius 2 is 2.20 bits per heavy atom. The van der Waals surface area contributed by atoms with E-state index in [2.05, 4.69) is 18.3 Å². The maximum atomic E-state index is 12.0. The number of rotatable bonds is 7. The Bertz CT molecular complexity index is 458. The zero-order chi connectivity index (χ0) is 14.4. The Labute approximate surface area is 126 Å². The maximum Gasteiger partial charge on any atom is 0.220 e. The SMILES string of the molecule is CCCCCCNC(=O)CC1CCc2ccc(Cl)cc21. The number of carbonyl (C=O) groups is 1. The molecule has 0 fully saturated rings. The zero-order valence-electron chi connectivity index (χ0n) is 12.3. The van der Waals surface area contributed by atoms with Crippen LogP contribution in [0.1, 0.15) is 62.5 Å². The molecule has 1 N–H and O–H groups in total. The van der Waals surface area contributed by atoms with E-state index in [9.17, 15) is 4.79 Å². The molecule has 0 saturated heterocycles. The van der Waals surface area contributed by atoms with Crippen LogP contribution in [0.5, 0.6) is 0 Å². The van der Waals surface area contributed by atoms with Gasteiger partial charge in [0.15, 0.2) is 0 Å². The van der Waals surface area contributed by atoms with Crippen molar-refractivity contribution in [3.8, 4) is 0 Å². The van der Waals surface area contributed by atoms with Crippen LogP contribution in [0, 0.1) is 0 Å². The second kappa shape index (κ2) is 7.68. The van der Waals surface area contributed by atoms with E-state index in [0.29, 0.717) is 12.3 Å². The van der Waals surface area contributed by atoms with Crippen molar-refractivity contribution in [1.82, 2.24) is 5.32 Å². The van der Waals surface area contributed by atoms with Gasteiger partial charge in [-0.3, -0.25) is 4.79 Å². The lowest BCUT2D eigenvalue weighted by molar-refractivity contribution is -0.121. The molecule has 20 heavy (non-hydrogen) atoms. The van der Waals surface area contributed by atoms with Crippen LogP contribution in [0.15, 0.2) is 18.2 Å². The van der Waals surface area contributed by atoms with E-state index < -0.39 is 0 Å². The predicted octanol–water partition coefficient (Wildman–Crippen LogP) is 4.46. The van der Waals surface area contributed by atoms with E-state index in [1.165, 1.54) is 30.4 Å². The summed E-state index contributed by atoms with van der Waals surface area (Å²) < 4.78 is 0. The van der Waals surface area contributed by atoms with Gasteiger partial charge in [0.05, 0.1) is 0 Å². The van der Waals surface area contributed by atoms with Crippen LogP contribution in [0.4, 0.5) is 0 Å². The van der Waals surface area contributed by atoms with Gasteiger partial charge >= 0.3 is 0 Å². The Kier molecular flexibility index (Phi) is 5.90. The molecular formula is C17H24ClNO. The second-order valence-corrected chi connectivity index (χ2v) is 6.13. The molecule has 0 bridgehead atoms. The first-order valence-corrected chi connectivity index (χ1v) is 8.13. The molecule has 3 heteroatoms. The summed E-state index contributed by atoms with van der Waals surface area (Å²) >= 11 is 6.06. The minimum absolute atomic E-state index is 0.180. The van der Waals surface area contributed by atoms with Crippen LogP contribution < -0.4 is 5.32 Å². The van der Waals surface area contributed by atoms with E-state index in [-0.39, 0.29) is 5.91 Å². The van der Waals surface area contributed by atoms with E-state index in [4.69, 9.17) is 11.6 Å². The predicted molar refractivity (Wildman–Crippen MR) is 84.3 cm³/mol. The van der Waals surface area contributed by atoms with Crippen LogP contribution in [0.2, 0.25) is 5.02 Å². The Morgan fingerprint density at radius 1 is 1.35 bits per heavy atom. The molecule has 0 aliphatic heterocycles. The Balaban J connectivity index is 1.77. The first kappa shape index (κ1) is 15.4. The number of amides is 1. The normalized spacial score (nSPS) is 17.0. The summed E-state index contributed by atoms with van der Waals surface area (Å²) in [4.78, 5) is 12.0. The van der Waals surface area contributed by atoms with Crippen molar-refractivity contribution < 1.29 is 4.79 Å². The largest absolute Gasteiger partial charge is 0.356 e. The average Bonchev–Trinajstić information content (AvgIpc) is 2.81. The number of hydrogen-bond acceptors (Lipinski definition) is 1. The Hall–Kier alpha value is -1.02. The molecular weight excluding hydrogens is 270 g/mol. The number of nitrogens with one attached hydrogen (secondary N) is 1. The van der Waals surface area contributed by atoms with Crippen molar-refractivity contribution in [2.45, 2.75) is 57.8 Å². The third-order valence-electron chi connectivity index (χ3n) is 4.09. The summed E-state index contributed by atoms with van der Waals surface area (Å²) in [6.45, 7) is 3.01. The molecule has 0 spiro atoms. The zero-order valence-corrected chi connectivity index (χ0v) is 13.0. The molecule has 0 radical (unpaired) electrons. The summed E-state index contributed by atoms with van der Waals surface area (Å²) in [7, 11) is 0. The summed E-state index contributed by atoms with van der Waals surface area (Å²) in [5.41, 5.74) is 2.63. The van der Waals surface area contributed by atoms with Crippen molar-refractivity contribution in [1.29, 1.82) is 0 Å². The first-order valence-electron chi connectivity index (χ1n) is 7.75. The van der Waals surface area contributed by atoms with Crippen molar-refractivity contribution in [2.75, 3.05) is 6.54 Å². The van der Waals surface area contributed by atoms with Crippen LogP contribution in [0.3, 0.4) is 0 Å². The van der Waals surface area contributed by atoms with Crippen molar-refractivity contribution in [2.24, 2.45) is 0 Å². The number of carbonyl (C=O) groups excluding carboxylic acids is 1. The summed E-state index contributed by atoms with van der Waals surface area (Å²) in [6.07, 6.45) is 7.52. The highest BCUT2D eigenvalue weighted by Gasteiger charge is 2.24. The summed E-state index contributed by atoms with van der Waals surface area (Å²) in [6, 6.07) is 6.07. The number of unbranched alkanes of at least 4 members (excludes halogenated alkanes) is 3. The van der Waals surface area contributed by atoms with Gasteiger partial charge in [0.2, 0.25) is 5.91 Å². The molecule has 1 aromatic carbocycles. The topological polar surface area (TPSA) is 29.1 Å². The third-order valence-corrected chi connectivity index (χ3v) is 4.33. The number of fused-ring (bicyclic) bond motifs is 1. The van der Waals surface area contributed by atoms with Gasteiger partial charge in [0.25, 0.3) is 0 Å². The van der Waals surface area contributed by atoms with Gasteiger partial charge in [-0.25, -0.2) is 0 Å². The molecule has 2 nitrogen and oxygen atoms in total. The van der Waals surface area contributed by atoms with Crippen LogP contribution in [0.25, 0.3) is 0 Å². The molecule has 0 heterocycles. The lowest BCUT2D eigenvalue weighted by Gasteiger charge is -2.12. The third kappa shape index (κ3) is 4.24. The second-order valence-electron chi connectivity index (χ2n) is 5.69. The molecule has 1 unspecified atom stereocenters. The maximum absolute atomic E-state index is 12.0. The lowest BCUT2D eigenvalue weighted by Crippen LogP contribution is -2.25. The quantitative estimate of drug-likeness (QED) is 0.739. The molecule has 1 aliphatic rings. The van der Waals surface area contributed by atoms with E-state index >= 15 is 0 Å². The molecule has 110 valence electrons. The fourth-order valence-electron chi connectivity index (χ4n) is 2.95. The first-order chi connectivity index (χ1) is 9.70. The molecule has 1 amide bonds. The van der Waals surface area contributed by atoms with Gasteiger partial charge in [0.1, 0.15) is 0 Å². The van der Waals surface area contributed by atoms with Gasteiger partial charge in [-0.2, -0.15) is 0 Å². The van der Waals surface area contributed by atoms with Crippen LogP contribution >= 0.6 is 11.6 Å². The fraction of sp³-hybridized carbons (Fsp3) is 0.588. The van der Waals surface area contributed by atoms with Crippen molar-refractivity contribution in [3.63, 3.8) is 0 Å². The van der Waals surface area contributed by atoms with Crippen LogP contribution in [-0.2, 0) is 11.2 Å². The molecule has 1 atom stereocenters. The smallest absolute Gasteiger partial charge is 0.220 e. The van der Waals surface area contributed by atoms with Crippen molar-refractivity contribution in [3.05, 3.63) is 34.3 Å². The minimum Gasteiger partial charge on any atom is -0.356 e. The molecule has 1 aromatic rings. The van der Waals surface area contributed by atoms with E-state index in [1.54, 1.807) is 0 Å². The number of hydrogen-bond donors (Lipinski definition) is 1. The number of aryl methyl sites for hydroxylation is 1. The number of halogens is 1. The molecule has 1 aliphatic carbocycles. The van der Waals surface area contributed by atoms with E-state index in [1.807, 2.05) is 12.1 Å². The number of benzene rings is 1. The summed E-state index contributed by atoms with van der Waals surface area (Å²) in [5, 5.41) is 3.82. The van der Waals surface area contributed by atoms with Gasteiger partial charge in [-0.05, 0) is 48.4 Å². The van der Waals surface area contributed by atoms with Gasteiger partial charge < -0.3 is 5.32 Å². The fourth-order valence-corrected chi connectivity index (χ4v) is 3.13. The molecule has 2 rings (SSSR count). The van der Waals surface area contributed by atoms with Gasteiger partial charge in [-0.15, -0.1) is 0 Å². The Morgan fingerprint density at radius 3 is 3.00 bits per heavy atom. The lowest BCUT2D eigenvalue weighted by atomic mass is 9.97. The van der Waals surface area contributed by atoms with Crippen LogP contribution in [-0.4, -0.2) is 12.5 Å². The minimum atomic E-state index is 0.180. The van der Waals surface area contributed by atoms with Gasteiger partial charge in [0, 0.05) is 18.0 Å². The summed E-state index contributed by atoms with van der Waals surface area (Å²) in [5.74, 6) is 0.527. The molecule has 0 aromatic heterocycles. The van der Waals surface area contributed by atoms with Crippen molar-refractivity contribution >= 4 is 17.5 Å². The average molecular weight is 294 g/mol. The monoisotopic (exact) mass is 293 g/mol. The highest BCUT2D eigenvalue weighted by Crippen LogP contribution is 2.36. The highest BCUT2D eigenvalue weighted by atomic mass is 35.5. The highest BCUT2D eigenvalue weighted by molar-refractivity contribution is 6.30. The van der Waals surface area contributed by atoms with Gasteiger partial charge in [-0.1, -0.05) is 43.9 Å².